The Morgan fingerprint density at radius 1 is 0.263 bits per heavy atom. The van der Waals surface area contributed by atoms with Crippen molar-refractivity contribution in [3.8, 4) is 73.5 Å². The molecule has 9 heteroatoms. The fourth-order valence-corrected chi connectivity index (χ4v) is 17.2. The van der Waals surface area contributed by atoms with Crippen LogP contribution in [0, 0.1) is 0 Å². The highest BCUT2D eigenvalue weighted by atomic mass is 15.2. The molecule has 0 N–H and O–H groups in total. The Hall–Kier alpha value is -13.6. The van der Waals surface area contributed by atoms with Gasteiger partial charge in [-0.1, -0.05) is 293 Å². The molecule has 546 valence electrons. The number of para-hydroxylation sites is 4. The summed E-state index contributed by atoms with van der Waals surface area (Å²) in [6, 6.07) is 72.7. The lowest BCUT2D eigenvalue weighted by Gasteiger charge is -2.45. The Morgan fingerprint density at radius 3 is 1.07 bits per heavy atom. The number of rotatable bonds is 10. The van der Waals surface area contributed by atoms with Crippen LogP contribution in [0.1, 0.15) is 101 Å². The second kappa shape index (κ2) is 26.0. The summed E-state index contributed by atoms with van der Waals surface area (Å²) in [6.07, 6.45) is 0. The molecular weight excluding hydrogens is 1380 g/mol. The van der Waals surface area contributed by atoms with Crippen LogP contribution in [-0.2, 0) is 16.2 Å². The van der Waals surface area contributed by atoms with Gasteiger partial charge in [-0.15, -0.1) is 0 Å². The lowest BCUT2D eigenvalue weighted by atomic mass is 9.33. The second-order valence-corrected chi connectivity index (χ2v) is 32.8. The third kappa shape index (κ3) is 11.1. The van der Waals surface area contributed by atoms with E-state index in [1.165, 1.54) is 4.57 Å². The average molecular weight is 1480 g/mol. The van der Waals surface area contributed by atoms with Crippen molar-refractivity contribution < 1.29 is 21.9 Å². The van der Waals surface area contributed by atoms with Crippen LogP contribution in [0.3, 0.4) is 0 Å². The minimum Gasteiger partial charge on any atom is -0.311 e. The molecule has 15 aromatic carbocycles. The summed E-state index contributed by atoms with van der Waals surface area (Å²) in [6.45, 7) is 18.8. The number of hydrogen-bond donors (Lipinski definition) is 0. The number of nitrogens with zero attached hydrogens (tertiary/aromatic N) is 8. The van der Waals surface area contributed by atoms with Gasteiger partial charge in [0.2, 0.25) is 0 Å². The van der Waals surface area contributed by atoms with Crippen LogP contribution in [0.4, 0.5) is 34.1 Å². The van der Waals surface area contributed by atoms with Crippen LogP contribution in [0.25, 0.3) is 139 Å². The van der Waals surface area contributed by atoms with Crippen molar-refractivity contribution in [1.29, 1.82) is 0 Å². The van der Waals surface area contributed by atoms with E-state index in [1.54, 1.807) is 4.57 Å². The van der Waals surface area contributed by atoms with Crippen molar-refractivity contribution in [2.45, 2.75) is 78.6 Å². The Morgan fingerprint density at radius 2 is 0.623 bits per heavy atom. The van der Waals surface area contributed by atoms with Crippen molar-refractivity contribution in [1.82, 2.24) is 28.7 Å². The van der Waals surface area contributed by atoms with Gasteiger partial charge in [0.25, 0.3) is 6.71 Å². The van der Waals surface area contributed by atoms with E-state index in [2.05, 4.69) is 180 Å². The third-order valence-corrected chi connectivity index (χ3v) is 22.8. The van der Waals surface area contributed by atoms with Crippen molar-refractivity contribution >= 4 is 123 Å². The average Bonchev–Trinajstić information content (AvgIpc) is 1.16. The lowest BCUT2D eigenvalue weighted by molar-refractivity contribution is 0.590. The number of aromatic nitrogens is 6. The quantitative estimate of drug-likeness (QED) is 0.128. The van der Waals surface area contributed by atoms with Gasteiger partial charge in [0.15, 0.2) is 17.5 Å². The molecule has 21 rings (SSSR count). The first kappa shape index (κ1) is 53.3. The molecule has 0 saturated carbocycles. The minimum atomic E-state index is -0.852. The molecule has 19 aromatic rings. The highest BCUT2D eigenvalue weighted by molar-refractivity contribution is 7.00. The highest BCUT2D eigenvalue weighted by Gasteiger charge is 2.46. The van der Waals surface area contributed by atoms with Crippen LogP contribution in [0.5, 0.6) is 0 Å². The zero-order valence-corrected chi connectivity index (χ0v) is 64.2. The normalized spacial score (nSPS) is 14.9. The molecule has 0 fully saturated rings. The van der Waals surface area contributed by atoms with Crippen LogP contribution in [0.15, 0.2) is 339 Å². The molecule has 0 atom stereocenters. The van der Waals surface area contributed by atoms with Crippen molar-refractivity contribution in [2.24, 2.45) is 0 Å². The zero-order valence-electron chi connectivity index (χ0n) is 80.2. The largest absolute Gasteiger partial charge is 0.311 e. The van der Waals surface area contributed by atoms with Gasteiger partial charge in [0.1, 0.15) is 0 Å². The molecule has 2 aliphatic rings. The topological polar surface area (TPSA) is 59.9 Å². The smallest absolute Gasteiger partial charge is 0.252 e. The van der Waals surface area contributed by atoms with Gasteiger partial charge in [-0.2, -0.15) is 0 Å². The maximum absolute atomic E-state index is 10.3. The fraction of sp³-hybridized carbons (Fsp3) is 0.114. The van der Waals surface area contributed by atoms with Gasteiger partial charge < -0.3 is 23.5 Å². The van der Waals surface area contributed by atoms with E-state index >= 15 is 0 Å². The van der Waals surface area contributed by atoms with Crippen molar-refractivity contribution in [3.05, 3.63) is 356 Å². The predicted molar refractivity (Wildman–Crippen MR) is 480 cm³/mol. The number of anilines is 6. The molecule has 0 spiro atoms. The first-order chi connectivity index (χ1) is 62.1. The highest BCUT2D eigenvalue weighted by Crippen LogP contribution is 2.53. The van der Waals surface area contributed by atoms with Gasteiger partial charge in [0.05, 0.1) is 72.1 Å². The molecule has 114 heavy (non-hydrogen) atoms. The maximum atomic E-state index is 10.3. The molecule has 0 aliphatic carbocycles. The number of fused-ring (bicyclic) bond motifs is 13. The molecule has 2 aliphatic heterocycles. The number of hydrogen-bond acceptors (Lipinski definition) is 5. The van der Waals surface area contributed by atoms with E-state index in [-0.39, 0.29) is 71.6 Å². The van der Waals surface area contributed by atoms with Gasteiger partial charge in [0, 0.05) is 88.7 Å². The fourth-order valence-electron chi connectivity index (χ4n) is 17.2. The van der Waals surface area contributed by atoms with E-state index in [4.69, 9.17) is 15.0 Å². The van der Waals surface area contributed by atoms with Crippen molar-refractivity contribution in [2.75, 3.05) is 9.80 Å². The van der Waals surface area contributed by atoms with E-state index in [1.807, 2.05) is 140 Å². The van der Waals surface area contributed by atoms with E-state index < -0.39 is 109 Å². The SMILES string of the molecule is [2H]c1c([2H])c([2H])c2c(c1[2H])c1c([2H])c([2H])c([2H])c([2H])c1n2-c1ccc2c(c1)N(c1ccc(C(C)(C)C)cc1-c1nc(-c3ccccc3)nc(-c3ccccc3)n1)c1cc(-n3c4c([2H])c([2H])c([2H])c([2H])c4c4c([2H])c([2H])c([2H])c([2H])c43)cc3c1B2c1ccc(-n2c4ccc(C(C)(C)C)cc4c4cc(C(C)(C)C)ccc42)cc1N3c1ccc(-c2ccccc2)cc1-c1ccccc1. The summed E-state index contributed by atoms with van der Waals surface area (Å²) in [5.41, 5.74) is 15.4. The first-order valence-corrected chi connectivity index (χ1v) is 38.5. The van der Waals surface area contributed by atoms with Gasteiger partial charge >= 0.3 is 0 Å². The Kier molecular flexibility index (Phi) is 12.1. The molecule has 0 amide bonds. The lowest BCUT2D eigenvalue weighted by Crippen LogP contribution is -2.61. The predicted octanol–water partition coefficient (Wildman–Crippen LogP) is 25.5. The summed E-state index contributed by atoms with van der Waals surface area (Å²) in [5, 5.41) is 1.57. The monoisotopic (exact) mass is 1480 g/mol. The maximum Gasteiger partial charge on any atom is 0.252 e. The van der Waals surface area contributed by atoms with Crippen LogP contribution < -0.4 is 26.2 Å². The summed E-state index contributed by atoms with van der Waals surface area (Å²) in [4.78, 5) is 20.6. The molecule has 0 radical (unpaired) electrons. The van der Waals surface area contributed by atoms with Crippen LogP contribution >= 0.6 is 0 Å². The molecular formula is C105H83BN8. The summed E-state index contributed by atoms with van der Waals surface area (Å²) < 4.78 is 160. The summed E-state index contributed by atoms with van der Waals surface area (Å²) in [5.74, 6) is 0.938. The molecule has 4 aromatic heterocycles. The van der Waals surface area contributed by atoms with Gasteiger partial charge in [-0.05, 0) is 175 Å². The molecule has 0 bridgehead atoms. The first-order valence-electron chi connectivity index (χ1n) is 46.5. The van der Waals surface area contributed by atoms with Gasteiger partial charge in [-0.3, -0.25) is 0 Å². The zero-order chi connectivity index (χ0) is 91.0. The molecule has 0 unspecified atom stereocenters. The van der Waals surface area contributed by atoms with Crippen LogP contribution in [-0.4, -0.2) is 35.4 Å². The minimum absolute atomic E-state index is 0.115. The Balaban J connectivity index is 0.984. The molecule has 8 nitrogen and oxygen atoms in total. The summed E-state index contributed by atoms with van der Waals surface area (Å²) in [7, 11) is 0. The molecule has 0 saturated heterocycles. The molecule has 6 heterocycles. The van der Waals surface area contributed by atoms with Crippen molar-refractivity contribution in [3.63, 3.8) is 0 Å². The van der Waals surface area contributed by atoms with E-state index in [9.17, 15) is 21.9 Å². The Labute approximate surface area is 687 Å². The second-order valence-electron chi connectivity index (χ2n) is 32.8. The summed E-state index contributed by atoms with van der Waals surface area (Å²) >= 11 is 0. The van der Waals surface area contributed by atoms with E-state index in [0.29, 0.717) is 73.4 Å². The third-order valence-electron chi connectivity index (χ3n) is 22.8. The standard InChI is InChI=1S/C105H83BN8/c1-103(2,3)71-47-55-92-82(59-71)83-60-72(104(4,5)6)48-56-93(83)111(92)75-51-53-85-95(63-75)113(91-54-46-70(66-30-14-10-15-31-66)58-81(91)67-32-16-11-17-33-67)97-64-76(112-89-44-28-24-40-79(89)80-41-25-29-45-90(80)112)65-98-99(97)106(85)86-52-50-74(110-87-42-26-22-38-77(87)78-39-23-27-43-88(78)110)62-96(86)114(98)94-57-49-73(105(7,8)9)61-84(94)102-108-100(68-34-18-12-19-35-68)107-101(109-102)69-36-20-13-21-37-69/h10-65H,1-9H3/i22D,23D,24D,25D,26D,27D,28D,29D,38D,39D,40D,41D,42D,43D,44D,45D. The van der Waals surface area contributed by atoms with Gasteiger partial charge in [-0.25, -0.2) is 15.0 Å². The Bertz CT molecular complexity index is 7860. The number of benzene rings is 15. The van der Waals surface area contributed by atoms with E-state index in [0.717, 1.165) is 71.9 Å². The van der Waals surface area contributed by atoms with Crippen LogP contribution in [0.2, 0.25) is 0 Å².